The zero-order valence-electron chi connectivity index (χ0n) is 17.6. The van der Waals surface area contributed by atoms with Gasteiger partial charge in [-0.15, -0.1) is 0 Å². The molecule has 3 aromatic carbocycles. The molecule has 166 valence electrons. The number of sulfonamides is 1. The number of nitrogens with two attached hydrogens (primary N) is 1. The minimum Gasteiger partial charge on any atom is -0.384 e. The minimum absolute atomic E-state index is 0.00402. The molecule has 0 amide bonds. The van der Waals surface area contributed by atoms with Crippen molar-refractivity contribution in [3.63, 3.8) is 0 Å². The van der Waals surface area contributed by atoms with E-state index in [1.54, 1.807) is 60.7 Å². The molecule has 3 aromatic rings. The molecule has 6 nitrogen and oxygen atoms in total. The number of Topliss-reactive ketones (excluding diaryl/α,β-unsaturated/α-hetero) is 1. The molecule has 0 aromatic heterocycles. The number of halogens is 1. The number of nitriles is 1. The van der Waals surface area contributed by atoms with E-state index in [4.69, 9.17) is 5.73 Å². The number of benzene rings is 3. The summed E-state index contributed by atoms with van der Waals surface area (Å²) in [6, 6.07) is 22.7. The normalized spacial score (nSPS) is 18.3. The highest BCUT2D eigenvalue weighted by Gasteiger charge is 2.50. The largest absolute Gasteiger partial charge is 0.384 e. The van der Waals surface area contributed by atoms with Crippen LogP contribution in [-0.2, 0) is 10.0 Å². The van der Waals surface area contributed by atoms with Gasteiger partial charge in [-0.3, -0.25) is 4.79 Å². The predicted octanol–water partition coefficient (Wildman–Crippen LogP) is 4.49. The van der Waals surface area contributed by atoms with Crippen LogP contribution in [0.4, 0.5) is 0 Å². The first-order valence-corrected chi connectivity index (χ1v) is 12.3. The minimum atomic E-state index is -4.23. The van der Waals surface area contributed by atoms with Crippen LogP contribution in [0.5, 0.6) is 0 Å². The van der Waals surface area contributed by atoms with Gasteiger partial charge >= 0.3 is 0 Å². The zero-order chi connectivity index (χ0) is 23.8. The Morgan fingerprint density at radius 1 is 1.00 bits per heavy atom. The second-order valence-corrected chi connectivity index (χ2v) is 10.5. The third kappa shape index (κ3) is 4.06. The van der Waals surface area contributed by atoms with Gasteiger partial charge in [0.1, 0.15) is 11.9 Å². The highest BCUT2D eigenvalue weighted by molar-refractivity contribution is 9.10. The number of hydrogen-bond acceptors (Lipinski definition) is 5. The molecule has 2 atom stereocenters. The molecule has 0 unspecified atom stereocenters. The lowest BCUT2D eigenvalue weighted by atomic mass is 9.84. The molecule has 0 spiro atoms. The van der Waals surface area contributed by atoms with Gasteiger partial charge in [-0.1, -0.05) is 76.1 Å². The van der Waals surface area contributed by atoms with Crippen molar-refractivity contribution < 1.29 is 13.2 Å². The zero-order valence-corrected chi connectivity index (χ0v) is 20.0. The Hall–Kier alpha value is -3.41. The number of ketones is 1. The van der Waals surface area contributed by atoms with E-state index in [1.165, 1.54) is 12.1 Å². The summed E-state index contributed by atoms with van der Waals surface area (Å²) in [5.74, 6) is -1.52. The molecule has 8 heteroatoms. The van der Waals surface area contributed by atoms with Crippen molar-refractivity contribution >= 4 is 31.7 Å². The lowest BCUT2D eigenvalue weighted by Crippen LogP contribution is -2.45. The Labute approximate surface area is 201 Å². The average Bonchev–Trinajstić information content (AvgIpc) is 3.12. The van der Waals surface area contributed by atoms with Gasteiger partial charge < -0.3 is 5.73 Å². The summed E-state index contributed by atoms with van der Waals surface area (Å²) in [6.07, 6.45) is 0. The fourth-order valence-electron chi connectivity index (χ4n) is 4.00. The van der Waals surface area contributed by atoms with Gasteiger partial charge in [0.25, 0.3) is 10.0 Å². The van der Waals surface area contributed by atoms with Crippen molar-refractivity contribution in [2.75, 3.05) is 0 Å². The van der Waals surface area contributed by atoms with E-state index >= 15 is 0 Å². The number of carbonyl (C=O) groups excluding carboxylic acids is 1. The maximum absolute atomic E-state index is 13.8. The highest BCUT2D eigenvalue weighted by Crippen LogP contribution is 2.43. The Morgan fingerprint density at radius 2 is 1.61 bits per heavy atom. The number of hydrogen-bond donors (Lipinski definition) is 1. The lowest BCUT2D eigenvalue weighted by Gasteiger charge is -2.29. The molecular weight excluding hydrogens is 502 g/mol. The van der Waals surface area contributed by atoms with E-state index in [-0.39, 0.29) is 16.3 Å². The summed E-state index contributed by atoms with van der Waals surface area (Å²) < 4.78 is 29.2. The summed E-state index contributed by atoms with van der Waals surface area (Å²) in [5, 5.41) is 9.94. The van der Waals surface area contributed by atoms with Gasteiger partial charge in [0.2, 0.25) is 0 Å². The van der Waals surface area contributed by atoms with E-state index in [2.05, 4.69) is 22.0 Å². The second-order valence-electron chi connectivity index (χ2n) is 7.73. The summed E-state index contributed by atoms with van der Waals surface area (Å²) in [4.78, 5) is 13.8. The topological polar surface area (TPSA) is 104 Å². The maximum Gasteiger partial charge on any atom is 0.266 e. The maximum atomic E-state index is 13.8. The van der Waals surface area contributed by atoms with Crippen LogP contribution in [-0.4, -0.2) is 24.5 Å². The summed E-state index contributed by atoms with van der Waals surface area (Å²) in [5.41, 5.74) is 8.18. The standard InChI is InChI=1S/C25H20BrN3O3S/c1-16-7-13-20(14-8-16)33(31,32)29-23(24(30)18-9-11-19(26)12-10-18)22(21(15-27)25(29)28)17-5-3-2-4-6-17/h2-14,22-23H,28H2,1H3/t22-,23+/m1/s1. The molecule has 1 aliphatic rings. The van der Waals surface area contributed by atoms with Crippen molar-refractivity contribution in [2.24, 2.45) is 5.73 Å². The summed E-state index contributed by atoms with van der Waals surface area (Å²) >= 11 is 3.35. The van der Waals surface area contributed by atoms with Crippen LogP contribution in [0.15, 0.2) is 99.6 Å². The van der Waals surface area contributed by atoms with E-state index in [1.807, 2.05) is 13.0 Å². The van der Waals surface area contributed by atoms with Crippen LogP contribution in [0.25, 0.3) is 0 Å². The van der Waals surface area contributed by atoms with Crippen molar-refractivity contribution in [3.05, 3.63) is 111 Å². The second kappa shape index (κ2) is 8.85. The summed E-state index contributed by atoms with van der Waals surface area (Å²) in [6.45, 7) is 1.85. The summed E-state index contributed by atoms with van der Waals surface area (Å²) in [7, 11) is -4.23. The Morgan fingerprint density at radius 3 is 2.18 bits per heavy atom. The first-order chi connectivity index (χ1) is 15.8. The van der Waals surface area contributed by atoms with Gasteiger partial charge in [-0.25, -0.2) is 12.7 Å². The molecule has 1 aliphatic heterocycles. The van der Waals surface area contributed by atoms with Crippen molar-refractivity contribution in [1.29, 1.82) is 5.26 Å². The molecule has 0 fully saturated rings. The van der Waals surface area contributed by atoms with Gasteiger partial charge in [0.05, 0.1) is 22.5 Å². The quantitative estimate of drug-likeness (QED) is 0.498. The van der Waals surface area contributed by atoms with Gasteiger partial charge in [0.15, 0.2) is 5.78 Å². The first kappa shape index (κ1) is 22.8. The number of aryl methyl sites for hydroxylation is 1. The molecule has 33 heavy (non-hydrogen) atoms. The Kier molecular flexibility index (Phi) is 6.11. The van der Waals surface area contributed by atoms with E-state index in [0.717, 1.165) is 14.3 Å². The number of nitrogens with zero attached hydrogens (tertiary/aromatic N) is 2. The van der Waals surface area contributed by atoms with E-state index in [0.29, 0.717) is 11.1 Å². The molecule has 0 saturated carbocycles. The smallest absolute Gasteiger partial charge is 0.266 e. The van der Waals surface area contributed by atoms with Crippen LogP contribution in [0.3, 0.4) is 0 Å². The molecule has 0 aliphatic carbocycles. The molecule has 1 heterocycles. The lowest BCUT2D eigenvalue weighted by molar-refractivity contribution is 0.0910. The van der Waals surface area contributed by atoms with Crippen LogP contribution < -0.4 is 5.73 Å². The average molecular weight is 522 g/mol. The van der Waals surface area contributed by atoms with Gasteiger partial charge in [-0.05, 0) is 36.8 Å². The fraction of sp³-hybridized carbons (Fsp3) is 0.120. The number of carbonyl (C=O) groups is 1. The Balaban J connectivity index is 1.93. The fourth-order valence-corrected chi connectivity index (χ4v) is 5.85. The molecule has 0 bridgehead atoms. The molecule has 2 N–H and O–H groups in total. The van der Waals surface area contributed by atoms with Crippen molar-refractivity contribution in [2.45, 2.75) is 23.8 Å². The van der Waals surface area contributed by atoms with Gasteiger partial charge in [0, 0.05) is 10.0 Å². The molecule has 4 rings (SSSR count). The molecule has 0 saturated heterocycles. The molecule has 0 radical (unpaired) electrons. The van der Waals surface area contributed by atoms with Crippen molar-refractivity contribution in [1.82, 2.24) is 4.31 Å². The third-order valence-electron chi connectivity index (χ3n) is 5.65. The van der Waals surface area contributed by atoms with Crippen LogP contribution >= 0.6 is 15.9 Å². The van der Waals surface area contributed by atoms with Crippen LogP contribution in [0, 0.1) is 18.3 Å². The third-order valence-corrected chi connectivity index (χ3v) is 7.99. The van der Waals surface area contributed by atoms with E-state index < -0.39 is 27.8 Å². The van der Waals surface area contributed by atoms with Crippen LogP contribution in [0.2, 0.25) is 0 Å². The molecular formula is C25H20BrN3O3S. The monoisotopic (exact) mass is 521 g/mol. The first-order valence-electron chi connectivity index (χ1n) is 10.1. The predicted molar refractivity (Wildman–Crippen MR) is 128 cm³/mol. The number of rotatable bonds is 5. The van der Waals surface area contributed by atoms with Gasteiger partial charge in [-0.2, -0.15) is 5.26 Å². The Bertz CT molecular complexity index is 1380. The van der Waals surface area contributed by atoms with Crippen molar-refractivity contribution in [3.8, 4) is 6.07 Å². The van der Waals surface area contributed by atoms with Crippen LogP contribution in [0.1, 0.15) is 27.4 Å². The van der Waals surface area contributed by atoms with E-state index in [9.17, 15) is 18.5 Å². The SMILES string of the molecule is Cc1ccc(S(=O)(=O)N2C(N)=C(C#N)[C@@H](c3ccccc3)[C@H]2C(=O)c2ccc(Br)cc2)cc1. The highest BCUT2D eigenvalue weighted by atomic mass is 79.9.